The molecule has 0 spiro atoms. The molecule has 0 unspecified atom stereocenters. The van der Waals surface area contributed by atoms with Crippen molar-refractivity contribution in [3.05, 3.63) is 84.5 Å². The molecule has 0 saturated heterocycles. The number of pyridine rings is 3. The van der Waals surface area contributed by atoms with Gasteiger partial charge >= 0.3 is 39.9 Å². The minimum Gasteiger partial charge on any atom is -0.868 e. The summed E-state index contributed by atoms with van der Waals surface area (Å²) in [6, 6.07) is 3.18. The van der Waals surface area contributed by atoms with Gasteiger partial charge in [0.05, 0.1) is 19.8 Å². The van der Waals surface area contributed by atoms with Crippen LogP contribution in [0.5, 0.6) is 17.2 Å². The van der Waals surface area contributed by atoms with Crippen LogP contribution in [0.3, 0.4) is 0 Å². The largest absolute Gasteiger partial charge is 3.00 e. The molecule has 0 atom stereocenters. The summed E-state index contributed by atoms with van der Waals surface area (Å²) in [6.45, 7) is 1.10. The molecule has 1 radical (unpaired) electrons. The summed E-state index contributed by atoms with van der Waals surface area (Å²) in [6.07, 6.45) is 3.96. The third-order valence-corrected chi connectivity index (χ3v) is 7.79. The zero-order valence-electron chi connectivity index (χ0n) is 30.5. The van der Waals surface area contributed by atoms with Gasteiger partial charge in [-0.05, 0) is 17.2 Å². The van der Waals surface area contributed by atoms with Crippen molar-refractivity contribution >= 4 is 17.7 Å². The number of carbonyl (C=O) groups is 3. The summed E-state index contributed by atoms with van der Waals surface area (Å²) < 4.78 is 19.0. The fourth-order valence-corrected chi connectivity index (χ4v) is 5.06. The molecule has 305 valence electrons. The molecule has 22 heteroatoms. The fraction of sp³-hybridized carbons (Fsp3) is 0.455. The SMILES string of the molecule is COCCn1ccc(=O)c([O-])c1C(=O)NCCN(CCNC(=O)c1c([O-])c(=O)ccn1CCOC)CCNC(=O)c1c([O-])c(=O)ccn1CCOC.O.O.[Gd+3]. The Kier molecular flexibility index (Phi) is 23.8. The predicted molar refractivity (Wildman–Crippen MR) is 187 cm³/mol. The molecule has 3 aromatic rings. The van der Waals surface area contributed by atoms with Gasteiger partial charge in [-0.1, -0.05) is 0 Å². The van der Waals surface area contributed by atoms with Crippen LogP contribution in [0.4, 0.5) is 0 Å². The van der Waals surface area contributed by atoms with Crippen molar-refractivity contribution in [1.29, 1.82) is 0 Å². The molecule has 0 saturated carbocycles. The Hall–Kier alpha value is -4.26. The van der Waals surface area contributed by atoms with Crippen LogP contribution in [-0.4, -0.2) is 128 Å². The zero-order valence-corrected chi connectivity index (χ0v) is 32.8. The van der Waals surface area contributed by atoms with Crippen LogP contribution >= 0.6 is 0 Å². The van der Waals surface area contributed by atoms with Gasteiger partial charge in [0.2, 0.25) is 0 Å². The molecule has 0 aliphatic rings. The number of hydrogen-bond acceptors (Lipinski definition) is 13. The van der Waals surface area contributed by atoms with Crippen LogP contribution in [-0.2, 0) is 33.8 Å². The van der Waals surface area contributed by atoms with E-state index in [0.717, 1.165) is 18.2 Å². The summed E-state index contributed by atoms with van der Waals surface area (Å²) in [5.41, 5.74) is -3.68. The summed E-state index contributed by atoms with van der Waals surface area (Å²) in [7, 11) is 4.33. The smallest absolute Gasteiger partial charge is 0.868 e. The molecule has 21 nitrogen and oxygen atoms in total. The van der Waals surface area contributed by atoms with Crippen LogP contribution in [0.15, 0.2) is 51.2 Å². The molecule has 3 aromatic heterocycles. The first-order valence-electron chi connectivity index (χ1n) is 16.2. The number of ether oxygens (including phenoxy) is 3. The van der Waals surface area contributed by atoms with Gasteiger partial charge in [-0.25, -0.2) is 0 Å². The topological polar surface area (TPSA) is 316 Å². The number of amides is 3. The second-order valence-electron chi connectivity index (χ2n) is 11.2. The molecular weight excluding hydrogens is 876 g/mol. The van der Waals surface area contributed by atoms with Crippen LogP contribution in [0.1, 0.15) is 31.5 Å². The van der Waals surface area contributed by atoms with Crippen molar-refractivity contribution in [1.82, 2.24) is 34.6 Å². The van der Waals surface area contributed by atoms with Crippen molar-refractivity contribution in [2.45, 2.75) is 19.6 Å². The minimum atomic E-state index is -0.983. The second-order valence-corrected chi connectivity index (χ2v) is 11.2. The number of nitrogens with one attached hydrogen (secondary N) is 3. The van der Waals surface area contributed by atoms with Gasteiger partial charge in [-0.2, -0.15) is 0 Å². The predicted octanol–water partition coefficient (Wildman–Crippen LogP) is -5.43. The average molecular weight is 922 g/mol. The maximum Gasteiger partial charge on any atom is 3.00 e. The van der Waals surface area contributed by atoms with E-state index in [1.165, 1.54) is 53.6 Å². The second kappa shape index (κ2) is 25.8. The van der Waals surface area contributed by atoms with E-state index in [-0.39, 0.29) is 147 Å². The van der Waals surface area contributed by atoms with E-state index >= 15 is 0 Å². The first kappa shape index (κ1) is 50.7. The van der Waals surface area contributed by atoms with Gasteiger partial charge in [0.15, 0.2) is 16.3 Å². The van der Waals surface area contributed by atoms with Gasteiger partial charge in [-0.3, -0.25) is 33.7 Å². The van der Waals surface area contributed by atoms with Crippen molar-refractivity contribution < 1.29 is 94.8 Å². The van der Waals surface area contributed by atoms with Crippen LogP contribution in [0, 0.1) is 39.9 Å². The number of nitrogens with zero attached hydrogens (tertiary/aromatic N) is 4. The monoisotopic (exact) mass is 922 g/mol. The molecule has 0 fully saturated rings. The quantitative estimate of drug-likeness (QED) is 0.0900. The zero-order chi connectivity index (χ0) is 38.2. The van der Waals surface area contributed by atoms with E-state index < -0.39 is 51.3 Å². The van der Waals surface area contributed by atoms with Crippen molar-refractivity contribution in [3.8, 4) is 17.2 Å². The van der Waals surface area contributed by atoms with Gasteiger partial charge in [0.25, 0.3) is 17.7 Å². The standard InChI is InChI=1S/C33H45N7O12.Gd.2H2O/c1-50-19-16-38-10-4-22(41)28(44)25(38)31(47)34-7-13-37(14-8-35-32(48)26-29(45)23(42)5-11-39(26)17-20-51-2)15-9-36-33(49)27-30(46)24(43)6-12-40(27)18-21-52-3;;;/h4-6,10-12,44-46H,7-9,13-21H2,1-3H3,(H,34,47)(H,35,48)(H,36,49);;2*1H2/q;+3;;/p-3. The summed E-state index contributed by atoms with van der Waals surface area (Å²) in [5.74, 6) is -5.36. The number of methoxy groups -OCH3 is 3. The Labute approximate surface area is 347 Å². The normalized spacial score (nSPS) is 10.5. The first-order valence-corrected chi connectivity index (χ1v) is 16.2. The van der Waals surface area contributed by atoms with Gasteiger partial charge in [0, 0.05) is 117 Å². The Morgan fingerprint density at radius 3 is 1.05 bits per heavy atom. The Morgan fingerprint density at radius 1 is 0.564 bits per heavy atom. The number of rotatable bonds is 21. The van der Waals surface area contributed by atoms with Crippen LogP contribution in [0.2, 0.25) is 0 Å². The molecular formula is C33H46GdN7O14. The maximum atomic E-state index is 13.1. The number of aromatic nitrogens is 3. The van der Waals surface area contributed by atoms with Crippen LogP contribution < -0.4 is 47.6 Å². The molecule has 7 N–H and O–H groups in total. The molecule has 0 aromatic carbocycles. The molecule has 0 aliphatic carbocycles. The Morgan fingerprint density at radius 2 is 0.818 bits per heavy atom. The number of carbonyl (C=O) groups excluding carboxylic acids is 3. The van der Waals surface area contributed by atoms with E-state index in [4.69, 9.17) is 14.2 Å². The Bertz CT molecular complexity index is 1670. The fourth-order valence-electron chi connectivity index (χ4n) is 5.06. The number of hydrogen-bond donors (Lipinski definition) is 3. The van der Waals surface area contributed by atoms with Crippen molar-refractivity contribution in [2.75, 3.05) is 80.4 Å². The summed E-state index contributed by atoms with van der Waals surface area (Å²) in [5, 5.41) is 45.5. The van der Waals surface area contributed by atoms with E-state index in [1.807, 2.05) is 0 Å². The van der Waals surface area contributed by atoms with E-state index in [2.05, 4.69) is 16.0 Å². The molecule has 55 heavy (non-hydrogen) atoms. The van der Waals surface area contributed by atoms with Crippen molar-refractivity contribution in [3.63, 3.8) is 0 Å². The first-order chi connectivity index (χ1) is 24.9. The van der Waals surface area contributed by atoms with E-state index in [1.54, 1.807) is 4.90 Å². The molecule has 0 bridgehead atoms. The maximum absolute atomic E-state index is 13.1. The van der Waals surface area contributed by atoms with Gasteiger partial charge < -0.3 is 70.1 Å². The third-order valence-electron chi connectivity index (χ3n) is 7.79. The molecule has 3 heterocycles. The molecule has 0 aliphatic heterocycles. The van der Waals surface area contributed by atoms with Gasteiger partial charge in [0.1, 0.15) is 17.1 Å². The summed E-state index contributed by atoms with van der Waals surface area (Å²) >= 11 is 0. The summed E-state index contributed by atoms with van der Waals surface area (Å²) in [4.78, 5) is 77.0. The molecule has 3 amide bonds. The third kappa shape index (κ3) is 14.4. The Balaban J connectivity index is 0.00000972. The van der Waals surface area contributed by atoms with E-state index in [9.17, 15) is 44.1 Å². The average Bonchev–Trinajstić information content (AvgIpc) is 3.12. The van der Waals surface area contributed by atoms with E-state index in [0.29, 0.717) is 0 Å². The molecule has 3 rings (SSSR count). The van der Waals surface area contributed by atoms with Crippen molar-refractivity contribution in [2.24, 2.45) is 0 Å². The minimum absolute atomic E-state index is 0. The van der Waals surface area contributed by atoms with Gasteiger partial charge in [-0.15, -0.1) is 0 Å². The van der Waals surface area contributed by atoms with Crippen LogP contribution in [0.25, 0.3) is 0 Å².